The summed E-state index contributed by atoms with van der Waals surface area (Å²) in [4.78, 5) is 0. The van der Waals surface area contributed by atoms with Crippen LogP contribution in [-0.4, -0.2) is 6.54 Å². The van der Waals surface area contributed by atoms with Crippen LogP contribution >= 0.6 is 0 Å². The molecule has 0 bridgehead atoms. The third-order valence-corrected chi connectivity index (χ3v) is 3.02. The molecule has 1 aliphatic rings. The molecule has 0 saturated carbocycles. The quantitative estimate of drug-likeness (QED) is 0.747. The molecule has 1 atom stereocenters. The number of hydrogen-bond acceptors (Lipinski definition) is 1. The standard InChI is InChI=1S/C12H13F4N/c13-9-5-3-4-8(11(9)12(14,15)16)10-6-1-2-7-17-10/h3-5,10,17H,1-2,6-7H2/t10-/m1/s1. The van der Waals surface area contributed by atoms with Crippen LogP contribution in [0.5, 0.6) is 0 Å². The molecule has 1 heterocycles. The Balaban J connectivity index is 2.42. The lowest BCUT2D eigenvalue weighted by molar-refractivity contribution is -0.140. The van der Waals surface area contributed by atoms with Gasteiger partial charge in [0.2, 0.25) is 0 Å². The van der Waals surface area contributed by atoms with E-state index >= 15 is 0 Å². The Morgan fingerprint density at radius 3 is 2.53 bits per heavy atom. The van der Waals surface area contributed by atoms with E-state index in [4.69, 9.17) is 0 Å². The van der Waals surface area contributed by atoms with E-state index in [1.165, 1.54) is 12.1 Å². The molecule has 1 aromatic carbocycles. The lowest BCUT2D eigenvalue weighted by Crippen LogP contribution is -2.29. The molecule has 1 fully saturated rings. The van der Waals surface area contributed by atoms with Crippen LogP contribution in [-0.2, 0) is 6.18 Å². The van der Waals surface area contributed by atoms with Gasteiger partial charge in [-0.25, -0.2) is 4.39 Å². The van der Waals surface area contributed by atoms with Gasteiger partial charge in [0.25, 0.3) is 0 Å². The van der Waals surface area contributed by atoms with Crippen LogP contribution in [0, 0.1) is 5.82 Å². The largest absolute Gasteiger partial charge is 0.419 e. The minimum absolute atomic E-state index is 0.0252. The Bertz CT molecular complexity index is 394. The van der Waals surface area contributed by atoms with Gasteiger partial charge in [-0.15, -0.1) is 0 Å². The van der Waals surface area contributed by atoms with Crippen LogP contribution in [0.4, 0.5) is 17.6 Å². The highest BCUT2D eigenvalue weighted by Crippen LogP contribution is 2.38. The van der Waals surface area contributed by atoms with Gasteiger partial charge in [0.1, 0.15) is 5.82 Å². The van der Waals surface area contributed by atoms with E-state index in [1.807, 2.05) is 0 Å². The molecule has 0 aliphatic carbocycles. The molecule has 94 valence electrons. The molecule has 0 aromatic heterocycles. The summed E-state index contributed by atoms with van der Waals surface area (Å²) < 4.78 is 51.7. The minimum atomic E-state index is -4.64. The first-order valence-electron chi connectivity index (χ1n) is 5.59. The molecule has 5 heteroatoms. The summed E-state index contributed by atoms with van der Waals surface area (Å²) in [6.07, 6.45) is -2.20. The number of hydrogen-bond donors (Lipinski definition) is 1. The van der Waals surface area contributed by atoms with Gasteiger partial charge in [-0.3, -0.25) is 0 Å². The predicted octanol–water partition coefficient (Wildman–Crippen LogP) is 3.66. The number of alkyl halides is 3. The van der Waals surface area contributed by atoms with E-state index in [0.29, 0.717) is 13.0 Å². The molecular formula is C12H13F4N. The summed E-state index contributed by atoms with van der Waals surface area (Å²) in [6, 6.07) is 3.15. The zero-order chi connectivity index (χ0) is 12.5. The summed E-state index contributed by atoms with van der Waals surface area (Å²) in [5.74, 6) is -1.19. The second-order valence-corrected chi connectivity index (χ2v) is 4.20. The molecule has 0 radical (unpaired) electrons. The molecule has 1 aliphatic heterocycles. The monoisotopic (exact) mass is 247 g/mol. The second-order valence-electron chi connectivity index (χ2n) is 4.20. The lowest BCUT2D eigenvalue weighted by Gasteiger charge is -2.26. The van der Waals surface area contributed by atoms with Crippen molar-refractivity contribution in [3.8, 4) is 0 Å². The van der Waals surface area contributed by atoms with Crippen molar-refractivity contribution >= 4 is 0 Å². The summed E-state index contributed by atoms with van der Waals surface area (Å²) in [6.45, 7) is 0.679. The zero-order valence-electron chi connectivity index (χ0n) is 9.15. The fourth-order valence-electron chi connectivity index (χ4n) is 2.25. The van der Waals surface area contributed by atoms with Gasteiger partial charge in [0, 0.05) is 6.04 Å². The highest BCUT2D eigenvalue weighted by molar-refractivity contribution is 5.34. The maximum Gasteiger partial charge on any atom is 0.419 e. The molecule has 1 N–H and O–H groups in total. The normalized spacial score (nSPS) is 21.5. The first-order valence-corrected chi connectivity index (χ1v) is 5.59. The van der Waals surface area contributed by atoms with Crippen molar-refractivity contribution in [3.63, 3.8) is 0 Å². The minimum Gasteiger partial charge on any atom is -0.310 e. The van der Waals surface area contributed by atoms with E-state index < -0.39 is 23.6 Å². The van der Waals surface area contributed by atoms with Gasteiger partial charge < -0.3 is 5.32 Å². The predicted molar refractivity (Wildman–Crippen MR) is 56.0 cm³/mol. The summed E-state index contributed by atoms with van der Waals surface area (Å²) in [7, 11) is 0. The third-order valence-electron chi connectivity index (χ3n) is 3.02. The molecular weight excluding hydrogens is 234 g/mol. The van der Waals surface area contributed by atoms with Gasteiger partial charge in [-0.05, 0) is 31.0 Å². The van der Waals surface area contributed by atoms with E-state index in [0.717, 1.165) is 18.9 Å². The molecule has 17 heavy (non-hydrogen) atoms. The van der Waals surface area contributed by atoms with Crippen LogP contribution < -0.4 is 5.32 Å². The zero-order valence-corrected chi connectivity index (χ0v) is 9.15. The van der Waals surface area contributed by atoms with Gasteiger partial charge >= 0.3 is 6.18 Å². The van der Waals surface area contributed by atoms with Crippen molar-refractivity contribution in [2.75, 3.05) is 6.54 Å². The van der Waals surface area contributed by atoms with Gasteiger partial charge in [0.15, 0.2) is 0 Å². The molecule has 1 aromatic rings. The van der Waals surface area contributed by atoms with Crippen LogP contribution in [0.2, 0.25) is 0 Å². The van der Waals surface area contributed by atoms with Gasteiger partial charge in [-0.1, -0.05) is 18.6 Å². The van der Waals surface area contributed by atoms with Crippen molar-refractivity contribution in [2.24, 2.45) is 0 Å². The topological polar surface area (TPSA) is 12.0 Å². The fraction of sp³-hybridized carbons (Fsp3) is 0.500. The van der Waals surface area contributed by atoms with Crippen molar-refractivity contribution in [1.29, 1.82) is 0 Å². The van der Waals surface area contributed by atoms with E-state index in [9.17, 15) is 17.6 Å². The average molecular weight is 247 g/mol. The van der Waals surface area contributed by atoms with Crippen LogP contribution in [0.15, 0.2) is 18.2 Å². The van der Waals surface area contributed by atoms with E-state index in [2.05, 4.69) is 5.32 Å². The van der Waals surface area contributed by atoms with Crippen LogP contribution in [0.3, 0.4) is 0 Å². The number of rotatable bonds is 1. The summed E-state index contributed by atoms with van der Waals surface area (Å²) >= 11 is 0. The Morgan fingerprint density at radius 1 is 1.18 bits per heavy atom. The molecule has 1 nitrogen and oxygen atoms in total. The van der Waals surface area contributed by atoms with Gasteiger partial charge in [-0.2, -0.15) is 13.2 Å². The Hall–Kier alpha value is -1.10. The summed E-state index contributed by atoms with van der Waals surface area (Å²) in [5.41, 5.74) is -1.10. The maximum atomic E-state index is 13.4. The Labute approximate surface area is 96.8 Å². The van der Waals surface area contributed by atoms with E-state index in [-0.39, 0.29) is 5.56 Å². The highest BCUT2D eigenvalue weighted by atomic mass is 19.4. The van der Waals surface area contributed by atoms with Crippen LogP contribution in [0.25, 0.3) is 0 Å². The van der Waals surface area contributed by atoms with Crippen molar-refractivity contribution in [1.82, 2.24) is 5.32 Å². The average Bonchev–Trinajstić information content (AvgIpc) is 2.28. The SMILES string of the molecule is Fc1cccc([C@H]2CCCCN2)c1C(F)(F)F. The number of piperidine rings is 1. The molecule has 2 rings (SSSR count). The van der Waals surface area contributed by atoms with Crippen molar-refractivity contribution < 1.29 is 17.6 Å². The lowest BCUT2D eigenvalue weighted by atomic mass is 9.93. The molecule has 0 spiro atoms. The number of benzene rings is 1. The first-order chi connectivity index (χ1) is 8.00. The van der Waals surface area contributed by atoms with E-state index in [1.54, 1.807) is 0 Å². The molecule has 0 unspecified atom stereocenters. The number of nitrogens with one attached hydrogen (secondary N) is 1. The van der Waals surface area contributed by atoms with Crippen molar-refractivity contribution in [3.05, 3.63) is 35.1 Å². The first kappa shape index (κ1) is 12.4. The Kier molecular flexibility index (Phi) is 3.38. The fourth-order valence-corrected chi connectivity index (χ4v) is 2.25. The highest BCUT2D eigenvalue weighted by Gasteiger charge is 2.38. The summed E-state index contributed by atoms with van der Waals surface area (Å²) in [5, 5.41) is 3.01. The van der Waals surface area contributed by atoms with Crippen LogP contribution in [0.1, 0.15) is 36.4 Å². The third kappa shape index (κ3) is 2.60. The smallest absolute Gasteiger partial charge is 0.310 e. The van der Waals surface area contributed by atoms with Crippen molar-refractivity contribution in [2.45, 2.75) is 31.5 Å². The van der Waals surface area contributed by atoms with Gasteiger partial charge in [0.05, 0.1) is 5.56 Å². The molecule has 0 amide bonds. The second kappa shape index (κ2) is 4.64. The maximum absolute atomic E-state index is 13.4. The Morgan fingerprint density at radius 2 is 1.94 bits per heavy atom. The molecule has 1 saturated heterocycles. The number of halogens is 4.